The molecule has 0 radical (unpaired) electrons. The highest BCUT2D eigenvalue weighted by Crippen LogP contribution is 2.37. The summed E-state index contributed by atoms with van der Waals surface area (Å²) in [4.78, 5) is 118. The van der Waals surface area contributed by atoms with Crippen molar-refractivity contribution in [3.8, 4) is 0 Å². The third-order valence-corrected chi connectivity index (χ3v) is 14.5. The highest BCUT2D eigenvalue weighted by molar-refractivity contribution is 5.84. The van der Waals surface area contributed by atoms with Crippen molar-refractivity contribution in [2.45, 2.75) is 167 Å². The van der Waals surface area contributed by atoms with Crippen molar-refractivity contribution in [3.05, 3.63) is 0 Å². The van der Waals surface area contributed by atoms with Gasteiger partial charge in [-0.15, -0.1) is 0 Å². The molecule has 0 aromatic rings. The largest absolute Gasteiger partial charge is 0.550 e. The molecule has 2 N–H and O–H groups in total. The van der Waals surface area contributed by atoms with Gasteiger partial charge in [0.25, 0.3) is 0 Å². The van der Waals surface area contributed by atoms with Gasteiger partial charge in [0.2, 0.25) is 0 Å². The molecule has 4 aliphatic carbocycles. The molecule has 390 valence electrons. The van der Waals surface area contributed by atoms with Crippen LogP contribution in [0.4, 0.5) is 0 Å². The zero-order valence-electron chi connectivity index (χ0n) is 40.2. The van der Waals surface area contributed by atoms with Crippen molar-refractivity contribution in [1.29, 1.82) is 0 Å². The molecular formula is C50H74O19-2. The van der Waals surface area contributed by atoms with Gasteiger partial charge in [-0.25, -0.2) is 0 Å². The zero-order valence-corrected chi connectivity index (χ0v) is 40.2. The third-order valence-electron chi connectivity index (χ3n) is 14.5. The van der Waals surface area contributed by atoms with E-state index >= 15 is 0 Å². The second-order valence-corrected chi connectivity index (χ2v) is 19.7. The van der Waals surface area contributed by atoms with Gasteiger partial charge < -0.3 is 58.4 Å². The third kappa shape index (κ3) is 17.8. The molecule has 0 spiro atoms. The molecule has 4 aliphatic rings. The van der Waals surface area contributed by atoms with Crippen molar-refractivity contribution >= 4 is 53.7 Å². The van der Waals surface area contributed by atoms with Crippen LogP contribution in [0.25, 0.3) is 0 Å². The van der Waals surface area contributed by atoms with Crippen LogP contribution in [-0.4, -0.2) is 110 Å². The van der Waals surface area contributed by atoms with Gasteiger partial charge >= 0.3 is 41.8 Å². The van der Waals surface area contributed by atoms with E-state index in [2.05, 4.69) is 6.92 Å². The van der Waals surface area contributed by atoms with Gasteiger partial charge in [-0.3, -0.25) is 33.6 Å². The lowest BCUT2D eigenvalue weighted by atomic mass is 9.79. The maximum Gasteiger partial charge on any atom is 0.310 e. The van der Waals surface area contributed by atoms with E-state index in [9.17, 15) is 63.6 Å². The summed E-state index contributed by atoms with van der Waals surface area (Å²) in [6, 6.07) is 0. The maximum absolute atomic E-state index is 14.2. The van der Waals surface area contributed by atoms with Crippen LogP contribution in [0, 0.1) is 52.8 Å². The SMILES string of the molecule is CCCCCCCCCC(=O)OCC(CO)OC(=O)C1CCCCC1C(=O)OCC(COC(=O)C1CCCCC1C(=O)[O-])(COC(=O)C1CCCCC1C(=O)[O-])COC(=O)C1CCCCC1C(=O)O. The molecule has 19 nitrogen and oxygen atoms in total. The normalized spacial score (nSPS) is 26.2. The molecule has 0 aromatic heterocycles. The van der Waals surface area contributed by atoms with Crippen LogP contribution < -0.4 is 10.2 Å². The summed E-state index contributed by atoms with van der Waals surface area (Å²) in [7, 11) is 0. The number of unbranched alkanes of at least 4 members (excludes halogenated alkanes) is 6. The molecule has 4 fully saturated rings. The molecule has 0 bridgehead atoms. The van der Waals surface area contributed by atoms with Crippen LogP contribution in [0.1, 0.15) is 161 Å². The molecule has 4 rings (SSSR count). The lowest BCUT2D eigenvalue weighted by Crippen LogP contribution is -2.48. The van der Waals surface area contributed by atoms with Crippen LogP contribution in [-0.2, 0) is 71.6 Å². The molecular weight excluding hydrogens is 905 g/mol. The molecule has 9 atom stereocenters. The number of aliphatic hydroxyl groups excluding tert-OH is 1. The smallest absolute Gasteiger partial charge is 0.310 e. The van der Waals surface area contributed by atoms with Crippen molar-refractivity contribution in [1.82, 2.24) is 0 Å². The van der Waals surface area contributed by atoms with Gasteiger partial charge in [-0.05, 0) is 57.8 Å². The van der Waals surface area contributed by atoms with Crippen molar-refractivity contribution in [2.24, 2.45) is 52.8 Å². The Labute approximate surface area is 404 Å². The molecule has 0 aliphatic heterocycles. The molecule has 19 heteroatoms. The lowest BCUT2D eigenvalue weighted by molar-refractivity contribution is -0.315. The van der Waals surface area contributed by atoms with Crippen molar-refractivity contribution < 1.29 is 92.0 Å². The van der Waals surface area contributed by atoms with E-state index in [1.54, 1.807) is 0 Å². The number of hydrogen-bond donors (Lipinski definition) is 2. The Hall–Kier alpha value is -4.81. The van der Waals surface area contributed by atoms with Crippen LogP contribution in [0.2, 0.25) is 0 Å². The van der Waals surface area contributed by atoms with Crippen LogP contribution in [0.15, 0.2) is 0 Å². The standard InChI is InChI=1S/C50H76O19/c1-2-3-4-5-6-7-8-25-41(52)64-27-32(26-51)69-49(63)40-24-16-15-23-39(40)48(62)68-31-50(28-65-45(59)36-20-12-9-17-33(36)42(53)54,29-66-46(60)37-21-13-10-18-34(37)43(55)56)30-67-47(61)38-22-14-11-19-35(38)44(57)58/h32-40,51H,2-31H2,1H3,(H,53,54)(H,55,56)(H,57,58)/p-2. The van der Waals surface area contributed by atoms with Gasteiger partial charge in [0.1, 0.15) is 38.4 Å². The number of carbonyl (C=O) groups excluding carboxylic acids is 8. The zero-order chi connectivity index (χ0) is 50.3. The Morgan fingerprint density at radius 3 is 1.19 bits per heavy atom. The molecule has 4 saturated carbocycles. The first kappa shape index (κ1) is 56.8. The topological polar surface area (TPSA) is 296 Å². The van der Waals surface area contributed by atoms with E-state index in [4.69, 9.17) is 28.4 Å². The van der Waals surface area contributed by atoms with Crippen LogP contribution in [0.3, 0.4) is 0 Å². The Kier molecular flexibility index (Phi) is 24.2. The van der Waals surface area contributed by atoms with Crippen LogP contribution >= 0.6 is 0 Å². The number of carbonyl (C=O) groups is 9. The highest BCUT2D eigenvalue weighted by Gasteiger charge is 2.45. The maximum atomic E-state index is 14.2. The predicted molar refractivity (Wildman–Crippen MR) is 236 cm³/mol. The minimum absolute atomic E-state index is 0.154. The number of rotatable bonds is 28. The fourth-order valence-corrected chi connectivity index (χ4v) is 10.2. The molecule has 0 saturated heterocycles. The Balaban J connectivity index is 1.55. The summed E-state index contributed by atoms with van der Waals surface area (Å²) < 4.78 is 34.0. The summed E-state index contributed by atoms with van der Waals surface area (Å²) in [6.07, 6.45) is 11.6. The van der Waals surface area contributed by atoms with E-state index in [0.717, 1.165) is 38.5 Å². The summed E-state index contributed by atoms with van der Waals surface area (Å²) in [5.74, 6) is -18.0. The summed E-state index contributed by atoms with van der Waals surface area (Å²) in [6.45, 7) is -2.02. The summed E-state index contributed by atoms with van der Waals surface area (Å²) >= 11 is 0. The molecule has 69 heavy (non-hydrogen) atoms. The van der Waals surface area contributed by atoms with E-state index in [0.29, 0.717) is 57.8 Å². The van der Waals surface area contributed by atoms with E-state index < -0.39 is 152 Å². The van der Waals surface area contributed by atoms with Crippen molar-refractivity contribution in [2.75, 3.05) is 39.6 Å². The van der Waals surface area contributed by atoms with E-state index in [1.165, 1.54) is 0 Å². The molecule has 0 aromatic carbocycles. The first-order chi connectivity index (χ1) is 33.1. The number of hydrogen-bond acceptors (Lipinski definition) is 18. The lowest BCUT2D eigenvalue weighted by Gasteiger charge is -2.36. The fourth-order valence-electron chi connectivity index (χ4n) is 10.2. The number of aliphatic carboxylic acids is 3. The number of aliphatic hydroxyl groups is 1. The number of ether oxygens (including phenoxy) is 6. The predicted octanol–water partition coefficient (Wildman–Crippen LogP) is 3.54. The second kappa shape index (κ2) is 29.4. The molecule has 0 amide bonds. The Bertz CT molecular complexity index is 1610. The first-order valence-electron chi connectivity index (χ1n) is 25.4. The Morgan fingerprint density at radius 2 is 0.812 bits per heavy atom. The average molecular weight is 979 g/mol. The Morgan fingerprint density at radius 1 is 0.478 bits per heavy atom. The molecule has 9 unspecified atom stereocenters. The highest BCUT2D eigenvalue weighted by atomic mass is 16.6. The fraction of sp³-hybridized carbons (Fsp3) is 0.820. The quantitative estimate of drug-likeness (QED) is 0.0643. The van der Waals surface area contributed by atoms with Crippen molar-refractivity contribution in [3.63, 3.8) is 0 Å². The van der Waals surface area contributed by atoms with Gasteiger partial charge in [0.15, 0.2) is 6.10 Å². The van der Waals surface area contributed by atoms with Gasteiger partial charge in [0, 0.05) is 30.2 Å². The summed E-state index contributed by atoms with van der Waals surface area (Å²) in [5, 5.41) is 44.0. The van der Waals surface area contributed by atoms with Gasteiger partial charge in [-0.2, -0.15) is 0 Å². The number of carboxylic acid groups (broad SMARTS) is 3. The average Bonchev–Trinajstić information content (AvgIpc) is 3.36. The first-order valence-corrected chi connectivity index (χ1v) is 25.4. The van der Waals surface area contributed by atoms with Gasteiger partial charge in [0.05, 0.1) is 42.1 Å². The number of carboxylic acids is 3. The number of esters is 6. The second-order valence-electron chi connectivity index (χ2n) is 19.7. The minimum atomic E-state index is -1.92. The monoisotopic (exact) mass is 978 g/mol. The van der Waals surface area contributed by atoms with E-state index in [-0.39, 0.29) is 57.8 Å². The molecule has 0 heterocycles. The van der Waals surface area contributed by atoms with E-state index in [1.807, 2.05) is 0 Å². The summed E-state index contributed by atoms with van der Waals surface area (Å²) in [5.41, 5.74) is -1.92. The van der Waals surface area contributed by atoms with Gasteiger partial charge in [-0.1, -0.05) is 96.8 Å². The van der Waals surface area contributed by atoms with Crippen LogP contribution in [0.5, 0.6) is 0 Å². The minimum Gasteiger partial charge on any atom is -0.550 e.